The van der Waals surface area contributed by atoms with Gasteiger partial charge in [0.05, 0.1) is 0 Å². The number of nitrogens with one attached hydrogen (secondary N) is 1. The Morgan fingerprint density at radius 1 is 1.35 bits per heavy atom. The van der Waals surface area contributed by atoms with E-state index in [-0.39, 0.29) is 11.5 Å². The maximum atomic E-state index is 6.15. The Morgan fingerprint density at radius 2 is 2.00 bits per heavy atom. The summed E-state index contributed by atoms with van der Waals surface area (Å²) in [4.78, 5) is 0. The van der Waals surface area contributed by atoms with Gasteiger partial charge in [0.1, 0.15) is 0 Å². The first kappa shape index (κ1) is 21.8. The van der Waals surface area contributed by atoms with Crippen LogP contribution in [0.2, 0.25) is 0 Å². The van der Waals surface area contributed by atoms with Crippen molar-refractivity contribution in [3.05, 3.63) is 35.4 Å². The summed E-state index contributed by atoms with van der Waals surface area (Å²) in [6.45, 7) is 14.5. The minimum Gasteiger partial charge on any atom is -0.359 e. The van der Waals surface area contributed by atoms with Gasteiger partial charge in [-0.2, -0.15) is 0 Å². The molecule has 2 atom stereocenters. The topological polar surface area (TPSA) is 38.0 Å². The second-order valence-electron chi connectivity index (χ2n) is 6.61. The third-order valence-corrected chi connectivity index (χ3v) is 4.29. The zero-order valence-electron chi connectivity index (χ0n) is 15.4. The van der Waals surface area contributed by atoms with Crippen molar-refractivity contribution in [2.75, 3.05) is 0 Å². The summed E-state index contributed by atoms with van der Waals surface area (Å²) in [6, 6.07) is 3.07. The molecule has 0 aromatic rings. The van der Waals surface area contributed by atoms with Crippen LogP contribution in [0.25, 0.3) is 0 Å². The SMILES string of the molecule is C=C/C(Cl)=C\C(/C=C(/C)CC)NC(CC)CCC(C)(C)C#CN. The minimum atomic E-state index is -0.0525. The number of halogens is 1. The first-order valence-electron chi connectivity index (χ1n) is 8.43. The highest BCUT2D eigenvalue weighted by Crippen LogP contribution is 2.23. The zero-order chi connectivity index (χ0) is 17.9. The second kappa shape index (κ2) is 11.4. The molecule has 23 heavy (non-hydrogen) atoms. The largest absolute Gasteiger partial charge is 0.359 e. The van der Waals surface area contributed by atoms with E-state index < -0.39 is 0 Å². The van der Waals surface area contributed by atoms with Crippen LogP contribution >= 0.6 is 11.6 Å². The van der Waals surface area contributed by atoms with Gasteiger partial charge in [-0.1, -0.05) is 55.7 Å². The fourth-order valence-electron chi connectivity index (χ4n) is 2.28. The van der Waals surface area contributed by atoms with Gasteiger partial charge in [-0.05, 0) is 52.5 Å². The summed E-state index contributed by atoms with van der Waals surface area (Å²) in [5.74, 6) is 3.08. The summed E-state index contributed by atoms with van der Waals surface area (Å²) in [5, 5.41) is 4.36. The highest BCUT2D eigenvalue weighted by atomic mass is 35.5. The molecule has 0 radical (unpaired) electrons. The summed E-state index contributed by atoms with van der Waals surface area (Å²) in [6.07, 6.45) is 10.1. The van der Waals surface area contributed by atoms with Gasteiger partial charge in [0, 0.05) is 28.6 Å². The van der Waals surface area contributed by atoms with Gasteiger partial charge in [-0.15, -0.1) is 0 Å². The van der Waals surface area contributed by atoms with Crippen molar-refractivity contribution in [2.24, 2.45) is 11.1 Å². The molecule has 0 saturated carbocycles. The van der Waals surface area contributed by atoms with Crippen LogP contribution in [-0.2, 0) is 0 Å². The van der Waals surface area contributed by atoms with E-state index in [4.69, 9.17) is 17.3 Å². The van der Waals surface area contributed by atoms with E-state index >= 15 is 0 Å². The average molecular weight is 337 g/mol. The average Bonchev–Trinajstić information content (AvgIpc) is 2.50. The van der Waals surface area contributed by atoms with Gasteiger partial charge in [0.25, 0.3) is 0 Å². The maximum absolute atomic E-state index is 6.15. The molecule has 0 bridgehead atoms. The Kier molecular flexibility index (Phi) is 10.8. The van der Waals surface area contributed by atoms with Gasteiger partial charge in [-0.25, -0.2) is 0 Å². The summed E-state index contributed by atoms with van der Waals surface area (Å²) >= 11 is 6.15. The van der Waals surface area contributed by atoms with Crippen LogP contribution in [0.15, 0.2) is 35.4 Å². The van der Waals surface area contributed by atoms with E-state index in [2.05, 4.69) is 64.6 Å². The number of hydrogen-bond donors (Lipinski definition) is 2. The second-order valence-corrected chi connectivity index (χ2v) is 7.05. The van der Waals surface area contributed by atoms with E-state index in [1.807, 2.05) is 6.08 Å². The van der Waals surface area contributed by atoms with Gasteiger partial charge >= 0.3 is 0 Å². The van der Waals surface area contributed by atoms with Gasteiger partial charge in [-0.3, -0.25) is 0 Å². The lowest BCUT2D eigenvalue weighted by Gasteiger charge is -2.25. The molecule has 0 heterocycles. The predicted molar refractivity (Wildman–Crippen MR) is 104 cm³/mol. The zero-order valence-corrected chi connectivity index (χ0v) is 16.1. The van der Waals surface area contributed by atoms with Crippen LogP contribution in [0.5, 0.6) is 0 Å². The summed E-state index contributed by atoms with van der Waals surface area (Å²) < 4.78 is 0. The molecule has 130 valence electrons. The Bertz CT molecular complexity index is 478. The molecule has 0 rings (SSSR count). The van der Waals surface area contributed by atoms with Crippen molar-refractivity contribution in [1.82, 2.24) is 5.32 Å². The van der Waals surface area contributed by atoms with Crippen molar-refractivity contribution >= 4 is 11.6 Å². The molecule has 0 spiro atoms. The van der Waals surface area contributed by atoms with E-state index in [1.54, 1.807) is 6.08 Å². The van der Waals surface area contributed by atoms with Crippen LogP contribution in [0.4, 0.5) is 0 Å². The van der Waals surface area contributed by atoms with Crippen molar-refractivity contribution in [3.8, 4) is 12.0 Å². The van der Waals surface area contributed by atoms with E-state index in [0.29, 0.717) is 11.1 Å². The lowest BCUT2D eigenvalue weighted by atomic mass is 9.86. The van der Waals surface area contributed by atoms with Crippen molar-refractivity contribution in [2.45, 2.75) is 72.4 Å². The normalized spacial score (nSPS) is 15.6. The smallest absolute Gasteiger partial charge is 0.0457 e. The van der Waals surface area contributed by atoms with Crippen LogP contribution in [-0.4, -0.2) is 12.1 Å². The lowest BCUT2D eigenvalue weighted by Crippen LogP contribution is -2.36. The fraction of sp³-hybridized carbons (Fsp3) is 0.600. The van der Waals surface area contributed by atoms with Crippen molar-refractivity contribution in [3.63, 3.8) is 0 Å². The number of hydrogen-bond acceptors (Lipinski definition) is 2. The van der Waals surface area contributed by atoms with Crippen LogP contribution in [0.3, 0.4) is 0 Å². The molecule has 0 aromatic carbocycles. The molecular weight excluding hydrogens is 304 g/mol. The Balaban J connectivity index is 4.97. The highest BCUT2D eigenvalue weighted by molar-refractivity contribution is 6.31. The van der Waals surface area contributed by atoms with E-state index in [9.17, 15) is 0 Å². The summed E-state index contributed by atoms with van der Waals surface area (Å²) in [7, 11) is 0. The maximum Gasteiger partial charge on any atom is 0.0457 e. The lowest BCUT2D eigenvalue weighted by molar-refractivity contribution is 0.369. The molecule has 0 saturated heterocycles. The molecule has 3 heteroatoms. The first-order chi connectivity index (χ1) is 10.8. The predicted octanol–water partition coefficient (Wildman–Crippen LogP) is 5.11. The molecule has 0 aromatic heterocycles. The van der Waals surface area contributed by atoms with Crippen LogP contribution in [0, 0.1) is 17.4 Å². The molecule has 0 aliphatic rings. The number of rotatable bonds is 10. The molecule has 2 nitrogen and oxygen atoms in total. The van der Waals surface area contributed by atoms with E-state index in [0.717, 1.165) is 25.7 Å². The molecule has 0 aliphatic carbocycles. The fourth-order valence-corrected chi connectivity index (χ4v) is 2.41. The highest BCUT2D eigenvalue weighted by Gasteiger charge is 2.18. The Labute approximate surface area is 148 Å². The standard InChI is InChI=1S/C20H33ClN2/c1-7-16(4)14-19(15-17(21)8-2)23-18(9-3)10-11-20(5,6)12-13-22/h8,14-15,18-19,23H,2,7,9-11,22H2,1,3-6H3/b16-14-,17-15+. The monoisotopic (exact) mass is 336 g/mol. The quantitative estimate of drug-likeness (QED) is 0.251. The third-order valence-electron chi connectivity index (χ3n) is 4.00. The van der Waals surface area contributed by atoms with Gasteiger partial charge < -0.3 is 11.1 Å². The van der Waals surface area contributed by atoms with E-state index in [1.165, 1.54) is 5.57 Å². The van der Waals surface area contributed by atoms with Crippen LogP contribution < -0.4 is 11.1 Å². The minimum absolute atomic E-state index is 0.0525. The molecule has 3 N–H and O–H groups in total. The van der Waals surface area contributed by atoms with Crippen molar-refractivity contribution in [1.29, 1.82) is 0 Å². The number of nitrogens with two attached hydrogens (primary N) is 1. The third kappa shape index (κ3) is 10.3. The molecule has 0 fully saturated rings. The number of allylic oxidation sites excluding steroid dienone is 3. The Morgan fingerprint density at radius 3 is 2.48 bits per heavy atom. The molecular formula is C20H33ClN2. The summed E-state index contributed by atoms with van der Waals surface area (Å²) in [5.41, 5.74) is 6.65. The Hall–Kier alpha value is -1.17. The van der Waals surface area contributed by atoms with Gasteiger partial charge in [0.2, 0.25) is 0 Å². The first-order valence-corrected chi connectivity index (χ1v) is 8.81. The molecule has 2 unspecified atom stereocenters. The molecule has 0 amide bonds. The van der Waals surface area contributed by atoms with Crippen LogP contribution in [0.1, 0.15) is 60.3 Å². The van der Waals surface area contributed by atoms with Gasteiger partial charge in [0.15, 0.2) is 0 Å². The van der Waals surface area contributed by atoms with Crippen molar-refractivity contribution < 1.29 is 0 Å². The molecule has 0 aliphatic heterocycles.